The highest BCUT2D eigenvalue weighted by atomic mass is 32.1. The Morgan fingerprint density at radius 2 is 2.39 bits per heavy atom. The maximum Gasteiger partial charge on any atom is 0.223 e. The molecule has 2 heterocycles. The fourth-order valence-corrected chi connectivity index (χ4v) is 1.56. The summed E-state index contributed by atoms with van der Waals surface area (Å²) in [6.45, 7) is 2.34. The number of nitrogens with two attached hydrogens (primary N) is 1. The van der Waals surface area contributed by atoms with Crippen LogP contribution >= 0.6 is 12.2 Å². The maximum atomic E-state index is 5.58. The van der Waals surface area contributed by atoms with Crippen molar-refractivity contribution in [3.05, 3.63) is 29.5 Å². The average molecular weight is 264 g/mol. The Balaban J connectivity index is 1.96. The lowest BCUT2D eigenvalue weighted by atomic mass is 10.3. The summed E-state index contributed by atoms with van der Waals surface area (Å²) in [6.07, 6.45) is 2.16. The van der Waals surface area contributed by atoms with Gasteiger partial charge in [-0.25, -0.2) is 0 Å². The van der Waals surface area contributed by atoms with Crippen molar-refractivity contribution < 1.29 is 4.52 Å². The van der Waals surface area contributed by atoms with Gasteiger partial charge in [0.15, 0.2) is 11.6 Å². The van der Waals surface area contributed by atoms with Gasteiger partial charge in [-0.2, -0.15) is 10.1 Å². The minimum absolute atomic E-state index is 0.280. The Bertz CT molecular complexity index is 555. The molecule has 0 bridgehead atoms. The molecule has 0 unspecified atom stereocenters. The van der Waals surface area contributed by atoms with Gasteiger partial charge in [0.2, 0.25) is 5.89 Å². The third-order valence-electron chi connectivity index (χ3n) is 2.20. The first-order chi connectivity index (χ1) is 8.66. The van der Waals surface area contributed by atoms with E-state index in [0.717, 1.165) is 0 Å². The summed E-state index contributed by atoms with van der Waals surface area (Å²) in [4.78, 5) is 4.38. The van der Waals surface area contributed by atoms with Crippen molar-refractivity contribution in [2.75, 3.05) is 11.9 Å². The number of hydrogen-bond donors (Lipinski definition) is 2. The van der Waals surface area contributed by atoms with Crippen LogP contribution in [0.25, 0.3) is 0 Å². The molecule has 0 fully saturated rings. The maximum absolute atomic E-state index is 5.58. The fourth-order valence-electron chi connectivity index (χ4n) is 1.40. The Labute approximate surface area is 109 Å². The zero-order valence-electron chi connectivity index (χ0n) is 9.75. The van der Waals surface area contributed by atoms with Gasteiger partial charge in [0.05, 0.1) is 11.8 Å². The summed E-state index contributed by atoms with van der Waals surface area (Å²) < 4.78 is 4.87. The molecule has 0 aliphatic carbocycles. The monoisotopic (exact) mass is 264 g/mol. The highest BCUT2D eigenvalue weighted by Gasteiger charge is 2.07. The van der Waals surface area contributed by atoms with Crippen molar-refractivity contribution in [3.63, 3.8) is 0 Å². The molecule has 3 N–H and O–H groups in total. The SMILES string of the molecule is Cc1nc(CCNc2nnccc2C(N)=S)no1. The molecule has 7 nitrogen and oxygen atoms in total. The zero-order chi connectivity index (χ0) is 13.0. The molecule has 2 aromatic heterocycles. The van der Waals surface area contributed by atoms with Crippen LogP contribution in [0.1, 0.15) is 17.3 Å². The second-order valence-corrected chi connectivity index (χ2v) is 4.00. The van der Waals surface area contributed by atoms with Crippen molar-refractivity contribution in [2.45, 2.75) is 13.3 Å². The molecule has 0 spiro atoms. The predicted molar refractivity (Wildman–Crippen MR) is 69.1 cm³/mol. The molecule has 0 saturated heterocycles. The molecule has 18 heavy (non-hydrogen) atoms. The summed E-state index contributed by atoms with van der Waals surface area (Å²) in [5.41, 5.74) is 6.26. The first-order valence-electron chi connectivity index (χ1n) is 5.31. The fraction of sp³-hybridized carbons (Fsp3) is 0.300. The zero-order valence-corrected chi connectivity index (χ0v) is 10.6. The summed E-state index contributed by atoms with van der Waals surface area (Å²) in [5, 5.41) is 14.6. The van der Waals surface area contributed by atoms with Crippen LogP contribution in [0.2, 0.25) is 0 Å². The Hall–Kier alpha value is -2.09. The van der Waals surface area contributed by atoms with E-state index in [-0.39, 0.29) is 4.99 Å². The third-order valence-corrected chi connectivity index (χ3v) is 2.42. The van der Waals surface area contributed by atoms with Crippen LogP contribution in [0, 0.1) is 6.92 Å². The van der Waals surface area contributed by atoms with Crippen LogP contribution in [0.5, 0.6) is 0 Å². The van der Waals surface area contributed by atoms with E-state index in [9.17, 15) is 0 Å². The minimum atomic E-state index is 0.280. The van der Waals surface area contributed by atoms with E-state index in [2.05, 4.69) is 25.7 Å². The molecule has 0 amide bonds. The van der Waals surface area contributed by atoms with Crippen molar-refractivity contribution in [1.82, 2.24) is 20.3 Å². The molecular weight excluding hydrogens is 252 g/mol. The Morgan fingerprint density at radius 1 is 1.56 bits per heavy atom. The van der Waals surface area contributed by atoms with Crippen LogP contribution in [0.3, 0.4) is 0 Å². The van der Waals surface area contributed by atoms with Crippen molar-refractivity contribution in [1.29, 1.82) is 0 Å². The molecule has 0 aromatic carbocycles. The number of anilines is 1. The summed E-state index contributed by atoms with van der Waals surface area (Å²) in [6, 6.07) is 1.72. The third kappa shape index (κ3) is 2.98. The quantitative estimate of drug-likeness (QED) is 0.751. The highest BCUT2D eigenvalue weighted by Crippen LogP contribution is 2.09. The van der Waals surface area contributed by atoms with Gasteiger partial charge in [-0.1, -0.05) is 17.4 Å². The normalized spacial score (nSPS) is 10.3. The smallest absolute Gasteiger partial charge is 0.223 e. The van der Waals surface area contributed by atoms with E-state index in [1.807, 2.05) is 0 Å². The summed E-state index contributed by atoms with van der Waals surface area (Å²) in [7, 11) is 0. The molecule has 94 valence electrons. The number of rotatable bonds is 5. The molecule has 8 heteroatoms. The lowest BCUT2D eigenvalue weighted by Gasteiger charge is -2.07. The highest BCUT2D eigenvalue weighted by molar-refractivity contribution is 7.80. The van der Waals surface area contributed by atoms with Crippen molar-refractivity contribution >= 4 is 23.0 Å². The second kappa shape index (κ2) is 5.50. The first kappa shape index (κ1) is 12.4. The second-order valence-electron chi connectivity index (χ2n) is 3.56. The van der Waals surface area contributed by atoms with Crippen LogP contribution < -0.4 is 11.1 Å². The van der Waals surface area contributed by atoms with Crippen molar-refractivity contribution in [2.24, 2.45) is 5.73 Å². The molecule has 0 aliphatic rings. The minimum Gasteiger partial charge on any atom is -0.389 e. The van der Waals surface area contributed by atoms with E-state index in [1.165, 1.54) is 0 Å². The molecule has 2 rings (SSSR count). The van der Waals surface area contributed by atoms with Gasteiger partial charge in [0.1, 0.15) is 4.99 Å². The molecule has 0 aliphatic heterocycles. The number of nitrogens with zero attached hydrogens (tertiary/aromatic N) is 4. The average Bonchev–Trinajstić information content (AvgIpc) is 2.75. The van der Waals surface area contributed by atoms with Gasteiger partial charge >= 0.3 is 0 Å². The lowest BCUT2D eigenvalue weighted by Crippen LogP contribution is -2.16. The number of hydrogen-bond acceptors (Lipinski definition) is 7. The van der Waals surface area contributed by atoms with Gasteiger partial charge in [-0.05, 0) is 6.07 Å². The van der Waals surface area contributed by atoms with Crippen LogP contribution in [0.15, 0.2) is 16.8 Å². The molecule has 0 atom stereocenters. The lowest BCUT2D eigenvalue weighted by molar-refractivity contribution is 0.387. The van der Waals surface area contributed by atoms with Gasteiger partial charge in [0, 0.05) is 19.9 Å². The number of aryl methyl sites for hydroxylation is 1. The standard InChI is InChI=1S/C10H12N6OS/c1-6-14-8(16-17-6)3-4-12-10-7(9(11)18)2-5-13-15-10/h2,5H,3-4H2,1H3,(H2,11,18)(H,12,15). The topological polar surface area (TPSA) is 103 Å². The number of nitrogens with one attached hydrogen (secondary N) is 1. The van der Waals surface area contributed by atoms with E-state index < -0.39 is 0 Å². The van der Waals surface area contributed by atoms with Crippen LogP contribution in [0.4, 0.5) is 5.82 Å². The van der Waals surface area contributed by atoms with E-state index >= 15 is 0 Å². The van der Waals surface area contributed by atoms with Gasteiger partial charge in [-0.15, -0.1) is 5.10 Å². The summed E-state index contributed by atoms with van der Waals surface area (Å²) >= 11 is 4.93. The van der Waals surface area contributed by atoms with E-state index in [4.69, 9.17) is 22.5 Å². The van der Waals surface area contributed by atoms with Gasteiger partial charge < -0.3 is 15.6 Å². The Morgan fingerprint density at radius 3 is 3.06 bits per heavy atom. The van der Waals surface area contributed by atoms with Gasteiger partial charge in [0.25, 0.3) is 0 Å². The Kier molecular flexibility index (Phi) is 3.78. The van der Waals surface area contributed by atoms with Gasteiger partial charge in [-0.3, -0.25) is 0 Å². The molecule has 0 radical (unpaired) electrons. The van der Waals surface area contributed by atoms with E-state index in [0.29, 0.717) is 36.1 Å². The number of aromatic nitrogens is 4. The predicted octanol–water partition coefficient (Wildman–Crippen LogP) is 0.457. The first-order valence-corrected chi connectivity index (χ1v) is 5.72. The largest absolute Gasteiger partial charge is 0.389 e. The molecule has 2 aromatic rings. The molecule has 0 saturated carbocycles. The number of thiocarbonyl (C=S) groups is 1. The van der Waals surface area contributed by atoms with Crippen LogP contribution in [-0.4, -0.2) is 31.9 Å². The van der Waals surface area contributed by atoms with Crippen LogP contribution in [-0.2, 0) is 6.42 Å². The van der Waals surface area contributed by atoms with Crippen molar-refractivity contribution in [3.8, 4) is 0 Å². The molecular formula is C10H12N6OS. The summed E-state index contributed by atoms with van der Waals surface area (Å²) in [5.74, 6) is 1.75. The van der Waals surface area contributed by atoms with E-state index in [1.54, 1.807) is 19.2 Å².